The molecule has 0 atom stereocenters. The van der Waals surface area contributed by atoms with Crippen LogP contribution in [-0.4, -0.2) is 23.7 Å². The fraction of sp³-hybridized carbons (Fsp3) is 0.150. The van der Waals surface area contributed by atoms with Gasteiger partial charge in [0, 0.05) is 0 Å². The minimum absolute atomic E-state index is 0.185. The molecule has 0 bridgehead atoms. The summed E-state index contributed by atoms with van der Waals surface area (Å²) in [5.41, 5.74) is 0.838. The number of rotatable bonds is 6. The Labute approximate surface area is 164 Å². The van der Waals surface area contributed by atoms with Crippen molar-refractivity contribution in [1.29, 1.82) is 0 Å². The van der Waals surface area contributed by atoms with Crippen LogP contribution in [0, 0.1) is 5.82 Å². The zero-order valence-corrected chi connectivity index (χ0v) is 15.7. The molecule has 2 aromatic carbocycles. The van der Waals surface area contributed by atoms with Gasteiger partial charge in [-0.3, -0.25) is 19.7 Å². The highest BCUT2D eigenvalue weighted by molar-refractivity contribution is 8.18. The molecule has 1 aliphatic rings. The second-order valence-corrected chi connectivity index (χ2v) is 6.75. The van der Waals surface area contributed by atoms with E-state index in [1.165, 1.54) is 18.2 Å². The molecule has 144 valence electrons. The molecule has 1 fully saturated rings. The molecule has 0 aromatic heterocycles. The lowest BCUT2D eigenvalue weighted by Gasteiger charge is -2.12. The van der Waals surface area contributed by atoms with Crippen LogP contribution < -0.4 is 14.8 Å². The highest BCUT2D eigenvalue weighted by atomic mass is 32.2. The smallest absolute Gasteiger partial charge is 0.315 e. The van der Waals surface area contributed by atoms with Crippen LogP contribution in [0.2, 0.25) is 0 Å². The van der Waals surface area contributed by atoms with E-state index in [1.807, 2.05) is 0 Å². The Morgan fingerprint density at radius 2 is 1.96 bits per heavy atom. The summed E-state index contributed by atoms with van der Waals surface area (Å²) < 4.78 is 24.5. The minimum Gasteiger partial charge on any atom is -0.490 e. The first-order valence-corrected chi connectivity index (χ1v) is 9.23. The van der Waals surface area contributed by atoms with Gasteiger partial charge >= 0.3 is 5.97 Å². The molecule has 6 nitrogen and oxygen atoms in total. The van der Waals surface area contributed by atoms with Crippen molar-refractivity contribution in [2.24, 2.45) is 0 Å². The molecule has 8 heteroatoms. The predicted octanol–water partition coefficient (Wildman–Crippen LogP) is 3.70. The van der Waals surface area contributed by atoms with Gasteiger partial charge in [-0.1, -0.05) is 24.3 Å². The molecule has 0 radical (unpaired) electrons. The van der Waals surface area contributed by atoms with Crippen LogP contribution in [0.4, 0.5) is 9.18 Å². The van der Waals surface area contributed by atoms with Crippen molar-refractivity contribution < 1.29 is 28.2 Å². The monoisotopic (exact) mass is 401 g/mol. The summed E-state index contributed by atoms with van der Waals surface area (Å²) in [5.74, 6) is -1.09. The summed E-state index contributed by atoms with van der Waals surface area (Å²) in [7, 11) is 0. The summed E-state index contributed by atoms with van der Waals surface area (Å²) in [6, 6.07) is 10.7. The number of hydrogen-bond acceptors (Lipinski definition) is 6. The SMILES string of the molecule is CCOc1cc(C=C2SC(=O)NC2=O)ccc1OC(=O)Cc1ccccc1F. The van der Waals surface area contributed by atoms with Crippen LogP contribution in [0.25, 0.3) is 6.08 Å². The van der Waals surface area contributed by atoms with Gasteiger partial charge in [0.1, 0.15) is 5.82 Å². The van der Waals surface area contributed by atoms with Gasteiger partial charge in [0.05, 0.1) is 17.9 Å². The van der Waals surface area contributed by atoms with Crippen LogP contribution in [0.5, 0.6) is 11.5 Å². The van der Waals surface area contributed by atoms with Crippen LogP contribution in [0.3, 0.4) is 0 Å². The molecule has 0 aliphatic carbocycles. The first-order valence-electron chi connectivity index (χ1n) is 8.42. The van der Waals surface area contributed by atoms with Crippen molar-refractivity contribution >= 4 is 35.0 Å². The van der Waals surface area contributed by atoms with Gasteiger partial charge in [0.15, 0.2) is 11.5 Å². The number of hydrogen-bond donors (Lipinski definition) is 1. The Hall–Kier alpha value is -3.13. The lowest BCUT2D eigenvalue weighted by Crippen LogP contribution is -2.17. The number of nitrogens with one attached hydrogen (secondary N) is 1. The Balaban J connectivity index is 1.78. The van der Waals surface area contributed by atoms with Gasteiger partial charge in [-0.15, -0.1) is 0 Å². The molecule has 2 amide bonds. The first kappa shape index (κ1) is 19.6. The van der Waals surface area contributed by atoms with E-state index in [0.717, 1.165) is 11.8 Å². The van der Waals surface area contributed by atoms with E-state index in [1.54, 1.807) is 37.3 Å². The molecule has 28 heavy (non-hydrogen) atoms. The van der Waals surface area contributed by atoms with Crippen LogP contribution in [0.15, 0.2) is 47.4 Å². The van der Waals surface area contributed by atoms with Gasteiger partial charge in [-0.05, 0) is 54.1 Å². The number of esters is 1. The van der Waals surface area contributed by atoms with E-state index in [9.17, 15) is 18.8 Å². The largest absolute Gasteiger partial charge is 0.490 e. The van der Waals surface area contributed by atoms with Crippen molar-refractivity contribution in [2.75, 3.05) is 6.61 Å². The van der Waals surface area contributed by atoms with Gasteiger partial charge in [0.2, 0.25) is 0 Å². The van der Waals surface area contributed by atoms with Crippen molar-refractivity contribution in [3.8, 4) is 11.5 Å². The summed E-state index contributed by atoms with van der Waals surface area (Å²) >= 11 is 0.805. The van der Waals surface area contributed by atoms with Gasteiger partial charge in [0.25, 0.3) is 11.1 Å². The van der Waals surface area contributed by atoms with Crippen molar-refractivity contribution in [3.63, 3.8) is 0 Å². The van der Waals surface area contributed by atoms with E-state index in [-0.39, 0.29) is 22.6 Å². The molecule has 0 spiro atoms. The number of benzene rings is 2. The van der Waals surface area contributed by atoms with Crippen molar-refractivity contribution in [3.05, 3.63) is 64.3 Å². The zero-order valence-electron chi connectivity index (χ0n) is 14.9. The molecule has 0 unspecified atom stereocenters. The van der Waals surface area contributed by atoms with Crippen molar-refractivity contribution in [2.45, 2.75) is 13.3 Å². The Bertz CT molecular complexity index is 973. The van der Waals surface area contributed by atoms with E-state index >= 15 is 0 Å². The van der Waals surface area contributed by atoms with Gasteiger partial charge < -0.3 is 9.47 Å². The number of thioether (sulfide) groups is 1. The molecule has 1 saturated heterocycles. The first-order chi connectivity index (χ1) is 13.5. The molecule has 0 saturated carbocycles. The summed E-state index contributed by atoms with van der Waals surface area (Å²) in [4.78, 5) is 35.4. The van der Waals surface area contributed by atoms with E-state index in [0.29, 0.717) is 17.9 Å². The van der Waals surface area contributed by atoms with Crippen LogP contribution in [0.1, 0.15) is 18.1 Å². The molecule has 2 aromatic rings. The molecule has 1 aliphatic heterocycles. The topological polar surface area (TPSA) is 81.7 Å². The van der Waals surface area contributed by atoms with Crippen LogP contribution in [-0.2, 0) is 16.0 Å². The number of carbonyl (C=O) groups is 3. The fourth-order valence-electron chi connectivity index (χ4n) is 2.50. The standard InChI is InChI=1S/C20H16FNO5S/c1-2-26-16-9-12(10-17-19(24)22-20(25)28-17)7-8-15(16)27-18(23)11-13-5-3-4-6-14(13)21/h3-10H,2,11H2,1H3,(H,22,24,25). The molecule has 1 heterocycles. The predicted molar refractivity (Wildman–Crippen MR) is 102 cm³/mol. The number of halogens is 1. The quantitative estimate of drug-likeness (QED) is 0.452. The van der Waals surface area contributed by atoms with Crippen molar-refractivity contribution in [1.82, 2.24) is 5.32 Å². The highest BCUT2D eigenvalue weighted by Gasteiger charge is 2.25. The minimum atomic E-state index is -0.631. The van der Waals surface area contributed by atoms with E-state index < -0.39 is 22.9 Å². The third-order valence-corrected chi connectivity index (χ3v) is 4.53. The number of carbonyl (C=O) groups excluding carboxylic acids is 3. The second kappa shape index (κ2) is 8.71. The molecular weight excluding hydrogens is 385 g/mol. The number of amides is 2. The Morgan fingerprint density at radius 1 is 1.18 bits per heavy atom. The Kier molecular flexibility index (Phi) is 6.10. The average Bonchev–Trinajstić information content (AvgIpc) is 2.96. The second-order valence-electron chi connectivity index (χ2n) is 5.73. The number of imide groups is 1. The maximum absolute atomic E-state index is 13.7. The van der Waals surface area contributed by atoms with Crippen LogP contribution >= 0.6 is 11.8 Å². The normalized spacial score (nSPS) is 14.9. The maximum Gasteiger partial charge on any atom is 0.315 e. The molecule has 3 rings (SSSR count). The van der Waals surface area contributed by atoms with Gasteiger partial charge in [-0.2, -0.15) is 0 Å². The fourth-order valence-corrected chi connectivity index (χ4v) is 3.18. The molecular formula is C20H16FNO5S. The number of ether oxygens (including phenoxy) is 2. The third kappa shape index (κ3) is 4.77. The molecule has 1 N–H and O–H groups in total. The van der Waals surface area contributed by atoms with E-state index in [4.69, 9.17) is 9.47 Å². The summed E-state index contributed by atoms with van der Waals surface area (Å²) in [6.07, 6.45) is 1.32. The maximum atomic E-state index is 13.7. The summed E-state index contributed by atoms with van der Waals surface area (Å²) in [6.45, 7) is 2.10. The lowest BCUT2D eigenvalue weighted by molar-refractivity contribution is -0.133. The average molecular weight is 401 g/mol. The van der Waals surface area contributed by atoms with E-state index in [2.05, 4.69) is 5.32 Å². The third-order valence-electron chi connectivity index (χ3n) is 3.72. The van der Waals surface area contributed by atoms with Gasteiger partial charge in [-0.25, -0.2) is 4.39 Å². The lowest BCUT2D eigenvalue weighted by atomic mass is 10.1. The Morgan fingerprint density at radius 3 is 2.64 bits per heavy atom. The highest BCUT2D eigenvalue weighted by Crippen LogP contribution is 2.32. The summed E-state index contributed by atoms with van der Waals surface area (Å²) in [5, 5.41) is 1.75. The zero-order chi connectivity index (χ0) is 20.1.